The summed E-state index contributed by atoms with van der Waals surface area (Å²) < 4.78 is 13.5. The Labute approximate surface area is 119 Å². The minimum atomic E-state index is -0.271. The van der Waals surface area contributed by atoms with Crippen molar-refractivity contribution in [3.63, 3.8) is 0 Å². The lowest BCUT2D eigenvalue weighted by Gasteiger charge is -2.34. The summed E-state index contributed by atoms with van der Waals surface area (Å²) in [5.74, 6) is -0.271. The molecule has 0 spiro atoms. The quantitative estimate of drug-likeness (QED) is 0.846. The zero-order chi connectivity index (χ0) is 14.0. The number of rotatable bonds is 1. The van der Waals surface area contributed by atoms with Gasteiger partial charge >= 0.3 is 0 Å². The maximum atomic E-state index is 13.5. The second kappa shape index (κ2) is 5.68. The first-order valence-corrected chi connectivity index (χ1v) is 7.18. The van der Waals surface area contributed by atoms with Crippen molar-refractivity contribution in [3.05, 3.63) is 29.0 Å². The fourth-order valence-corrected chi connectivity index (χ4v) is 2.67. The van der Waals surface area contributed by atoms with Gasteiger partial charge < -0.3 is 10.2 Å². The van der Waals surface area contributed by atoms with Crippen LogP contribution in [-0.2, 0) is 0 Å². The van der Waals surface area contributed by atoms with Crippen LogP contribution in [0.5, 0.6) is 0 Å². The molecule has 4 heteroatoms. The van der Waals surface area contributed by atoms with Crippen molar-refractivity contribution in [3.8, 4) is 0 Å². The Kier molecular flexibility index (Phi) is 4.36. The van der Waals surface area contributed by atoms with Gasteiger partial charge in [0.25, 0.3) is 0 Å². The van der Waals surface area contributed by atoms with Crippen LogP contribution < -0.4 is 10.2 Å². The van der Waals surface area contributed by atoms with Gasteiger partial charge in [0, 0.05) is 29.8 Å². The number of nitrogens with zero attached hydrogens (tertiary/aromatic N) is 1. The van der Waals surface area contributed by atoms with Gasteiger partial charge in [0.1, 0.15) is 5.82 Å². The van der Waals surface area contributed by atoms with Crippen LogP contribution in [0.4, 0.5) is 10.1 Å². The summed E-state index contributed by atoms with van der Waals surface area (Å²) >= 11 is 5.95. The van der Waals surface area contributed by atoms with E-state index in [4.69, 9.17) is 11.6 Å². The molecule has 19 heavy (non-hydrogen) atoms. The maximum Gasteiger partial charge on any atom is 0.126 e. The molecular formula is C15H22ClFN2. The van der Waals surface area contributed by atoms with Crippen molar-refractivity contribution in [2.45, 2.75) is 33.2 Å². The number of anilines is 1. The molecule has 1 saturated heterocycles. The first-order valence-electron chi connectivity index (χ1n) is 6.81. The van der Waals surface area contributed by atoms with E-state index in [1.807, 2.05) is 6.07 Å². The number of benzene rings is 1. The Morgan fingerprint density at radius 3 is 2.68 bits per heavy atom. The minimum absolute atomic E-state index is 0.180. The summed E-state index contributed by atoms with van der Waals surface area (Å²) in [5.41, 5.74) is 1.06. The predicted molar refractivity (Wildman–Crippen MR) is 79.5 cm³/mol. The molecule has 1 aromatic rings. The average molecular weight is 285 g/mol. The molecule has 1 aromatic carbocycles. The molecule has 1 N–H and O–H groups in total. The SMILES string of the molecule is CC(C)(C)C1CN(c2cc(F)cc(Cl)c2)CCCN1. The lowest BCUT2D eigenvalue weighted by molar-refractivity contribution is 0.280. The topological polar surface area (TPSA) is 15.3 Å². The fraction of sp³-hybridized carbons (Fsp3) is 0.600. The Morgan fingerprint density at radius 2 is 2.05 bits per heavy atom. The molecule has 1 unspecified atom stereocenters. The monoisotopic (exact) mass is 284 g/mol. The highest BCUT2D eigenvalue weighted by Crippen LogP contribution is 2.27. The van der Waals surface area contributed by atoms with E-state index >= 15 is 0 Å². The van der Waals surface area contributed by atoms with Crippen LogP contribution in [0.25, 0.3) is 0 Å². The summed E-state index contributed by atoms with van der Waals surface area (Å²) in [5, 5.41) is 4.04. The van der Waals surface area contributed by atoms with E-state index < -0.39 is 0 Å². The van der Waals surface area contributed by atoms with Gasteiger partial charge in [0.15, 0.2) is 0 Å². The summed E-state index contributed by atoms with van der Waals surface area (Å²) in [6, 6.07) is 5.15. The Balaban J connectivity index is 2.22. The Morgan fingerprint density at radius 1 is 1.32 bits per heavy atom. The van der Waals surface area contributed by atoms with Crippen molar-refractivity contribution in [2.24, 2.45) is 5.41 Å². The smallest absolute Gasteiger partial charge is 0.126 e. The average Bonchev–Trinajstić information content (AvgIpc) is 2.52. The third-order valence-electron chi connectivity index (χ3n) is 3.66. The van der Waals surface area contributed by atoms with Gasteiger partial charge in [-0.2, -0.15) is 0 Å². The summed E-state index contributed by atoms with van der Waals surface area (Å²) in [7, 11) is 0. The molecule has 2 nitrogen and oxygen atoms in total. The van der Waals surface area contributed by atoms with Crippen LogP contribution in [0, 0.1) is 11.2 Å². The van der Waals surface area contributed by atoms with E-state index in [0.717, 1.165) is 31.7 Å². The standard InChI is InChI=1S/C15H22ClFN2/c1-15(2,3)14-10-19(6-4-5-18-14)13-8-11(16)7-12(17)9-13/h7-9,14,18H,4-6,10H2,1-3H3. The largest absolute Gasteiger partial charge is 0.370 e. The fourth-order valence-electron chi connectivity index (χ4n) is 2.46. The molecule has 0 bridgehead atoms. The van der Waals surface area contributed by atoms with E-state index in [1.165, 1.54) is 6.07 Å². The number of hydrogen-bond acceptors (Lipinski definition) is 2. The van der Waals surface area contributed by atoms with Gasteiger partial charge in [-0.15, -0.1) is 0 Å². The van der Waals surface area contributed by atoms with Gasteiger partial charge in [-0.25, -0.2) is 4.39 Å². The van der Waals surface area contributed by atoms with Crippen LogP contribution in [-0.4, -0.2) is 25.7 Å². The molecule has 106 valence electrons. The van der Waals surface area contributed by atoms with Crippen LogP contribution in [0.3, 0.4) is 0 Å². The maximum absolute atomic E-state index is 13.5. The zero-order valence-corrected chi connectivity index (χ0v) is 12.6. The molecule has 0 saturated carbocycles. The lowest BCUT2D eigenvalue weighted by atomic mass is 9.86. The molecule has 0 aromatic heterocycles. The highest BCUT2D eigenvalue weighted by Gasteiger charge is 2.28. The molecule has 1 atom stereocenters. The van der Waals surface area contributed by atoms with Crippen molar-refractivity contribution >= 4 is 17.3 Å². The van der Waals surface area contributed by atoms with Gasteiger partial charge in [-0.1, -0.05) is 32.4 Å². The zero-order valence-electron chi connectivity index (χ0n) is 11.8. The molecule has 1 aliphatic heterocycles. The molecule has 0 radical (unpaired) electrons. The lowest BCUT2D eigenvalue weighted by Crippen LogP contribution is -2.46. The summed E-state index contributed by atoms with van der Waals surface area (Å²) in [6.07, 6.45) is 1.06. The molecule has 1 fully saturated rings. The highest BCUT2D eigenvalue weighted by atomic mass is 35.5. The van der Waals surface area contributed by atoms with Crippen molar-refractivity contribution in [1.82, 2.24) is 5.32 Å². The summed E-state index contributed by atoms with van der Waals surface area (Å²) in [4.78, 5) is 2.23. The van der Waals surface area contributed by atoms with E-state index in [9.17, 15) is 4.39 Å². The van der Waals surface area contributed by atoms with Crippen LogP contribution in [0.1, 0.15) is 27.2 Å². The third kappa shape index (κ3) is 3.83. The first-order chi connectivity index (χ1) is 8.86. The second-order valence-corrected chi connectivity index (χ2v) is 6.74. The predicted octanol–water partition coefficient (Wildman–Crippen LogP) is 3.69. The Hall–Kier alpha value is -0.800. The van der Waals surface area contributed by atoms with Crippen LogP contribution in [0.15, 0.2) is 18.2 Å². The van der Waals surface area contributed by atoms with E-state index in [1.54, 1.807) is 6.07 Å². The first kappa shape index (κ1) is 14.6. The number of nitrogens with one attached hydrogen (secondary N) is 1. The Bertz CT molecular complexity index is 422. The van der Waals surface area contributed by atoms with Gasteiger partial charge in [-0.05, 0) is 36.6 Å². The van der Waals surface area contributed by atoms with E-state index in [2.05, 4.69) is 31.0 Å². The molecule has 0 amide bonds. The van der Waals surface area contributed by atoms with E-state index in [0.29, 0.717) is 11.1 Å². The number of halogens is 2. The van der Waals surface area contributed by atoms with Crippen molar-refractivity contribution < 1.29 is 4.39 Å². The molecule has 1 aliphatic rings. The van der Waals surface area contributed by atoms with Crippen molar-refractivity contribution in [2.75, 3.05) is 24.5 Å². The van der Waals surface area contributed by atoms with Crippen LogP contribution >= 0.6 is 11.6 Å². The van der Waals surface area contributed by atoms with Gasteiger partial charge in [-0.3, -0.25) is 0 Å². The van der Waals surface area contributed by atoms with Crippen molar-refractivity contribution in [1.29, 1.82) is 0 Å². The third-order valence-corrected chi connectivity index (χ3v) is 3.87. The number of hydrogen-bond donors (Lipinski definition) is 1. The van der Waals surface area contributed by atoms with Gasteiger partial charge in [0.05, 0.1) is 0 Å². The molecule has 0 aliphatic carbocycles. The minimum Gasteiger partial charge on any atom is -0.370 e. The van der Waals surface area contributed by atoms with Crippen LogP contribution in [0.2, 0.25) is 5.02 Å². The second-order valence-electron chi connectivity index (χ2n) is 6.30. The molecule has 1 heterocycles. The molecular weight excluding hydrogens is 263 g/mol. The summed E-state index contributed by atoms with van der Waals surface area (Å²) in [6.45, 7) is 9.50. The normalized spacial score (nSPS) is 21.3. The van der Waals surface area contributed by atoms with Gasteiger partial charge in [0.2, 0.25) is 0 Å². The molecule has 2 rings (SSSR count). The van der Waals surface area contributed by atoms with E-state index in [-0.39, 0.29) is 11.2 Å². The highest BCUT2D eigenvalue weighted by molar-refractivity contribution is 6.30.